The molecule has 0 aliphatic heterocycles. The number of nitrogens with zero attached hydrogens (tertiary/aromatic N) is 3. The molecule has 0 aliphatic rings. The molecule has 9 heteroatoms. The summed E-state index contributed by atoms with van der Waals surface area (Å²) in [7, 11) is -0.529. The van der Waals surface area contributed by atoms with Crippen LogP contribution in [0.5, 0.6) is 5.75 Å². The lowest BCUT2D eigenvalue weighted by Gasteiger charge is -2.27. The van der Waals surface area contributed by atoms with Crippen molar-refractivity contribution in [3.05, 3.63) is 58.5 Å². The number of aromatic nitrogens is 1. The monoisotopic (exact) mass is 435 g/mol. The molecule has 1 atom stereocenters. The van der Waals surface area contributed by atoms with Gasteiger partial charge in [-0.25, -0.2) is 8.42 Å². The lowest BCUT2D eigenvalue weighted by molar-refractivity contribution is -0.132. The van der Waals surface area contributed by atoms with Crippen molar-refractivity contribution in [1.82, 2.24) is 13.8 Å². The summed E-state index contributed by atoms with van der Waals surface area (Å²) in [5, 5.41) is 0. The third-order valence-electron chi connectivity index (χ3n) is 5.17. The number of amides is 1. The van der Waals surface area contributed by atoms with E-state index in [4.69, 9.17) is 4.74 Å². The number of para-hydroxylation sites is 1. The molecule has 0 aliphatic carbocycles. The third kappa shape index (κ3) is 4.91. The number of carbonyl (C=O) groups is 1. The van der Waals surface area contributed by atoms with E-state index in [2.05, 4.69) is 0 Å². The van der Waals surface area contributed by atoms with Gasteiger partial charge in [-0.05, 0) is 19.1 Å². The number of hydrogen-bond acceptors (Lipinski definition) is 5. The highest BCUT2D eigenvalue weighted by molar-refractivity contribution is 7.89. The van der Waals surface area contributed by atoms with Crippen molar-refractivity contribution in [2.45, 2.75) is 38.3 Å². The summed E-state index contributed by atoms with van der Waals surface area (Å²) in [5.74, 6) is 0.335. The highest BCUT2D eigenvalue weighted by Gasteiger charge is 2.24. The summed E-state index contributed by atoms with van der Waals surface area (Å²) in [6, 6.07) is 9.54. The van der Waals surface area contributed by atoms with Crippen LogP contribution in [-0.2, 0) is 21.4 Å². The Balaban J connectivity index is 2.29. The average Bonchev–Trinajstić information content (AvgIpc) is 2.74. The molecule has 8 nitrogen and oxygen atoms in total. The number of carbonyl (C=O) groups excluding carboxylic acids is 1. The Labute approximate surface area is 177 Å². The minimum absolute atomic E-state index is 0.0148. The molecule has 2 aromatic rings. The van der Waals surface area contributed by atoms with Crippen LogP contribution in [0, 0.1) is 0 Å². The first-order valence-electron chi connectivity index (χ1n) is 9.76. The molecular formula is C21H29N3O5S. The van der Waals surface area contributed by atoms with E-state index in [1.165, 1.54) is 27.5 Å². The standard InChI is InChI=1S/C21H29N3O5S/c1-6-24(7-2)30(27,28)17-12-13-20(25)23(14-17)15-21(26)22(4)16(3)18-10-8-9-11-19(18)29-5/h8-14,16H,6-7,15H2,1-5H3. The largest absolute Gasteiger partial charge is 0.496 e. The summed E-state index contributed by atoms with van der Waals surface area (Å²) < 4.78 is 33.3. The predicted molar refractivity (Wildman–Crippen MR) is 115 cm³/mol. The van der Waals surface area contributed by atoms with Crippen LogP contribution in [0.15, 0.2) is 52.3 Å². The fraction of sp³-hybridized carbons (Fsp3) is 0.429. The van der Waals surface area contributed by atoms with Crippen LogP contribution in [0.3, 0.4) is 0 Å². The van der Waals surface area contributed by atoms with E-state index >= 15 is 0 Å². The van der Waals surface area contributed by atoms with E-state index in [0.717, 1.165) is 10.1 Å². The molecule has 0 N–H and O–H groups in total. The molecule has 1 aromatic heterocycles. The molecule has 1 amide bonds. The maximum absolute atomic E-state index is 12.9. The molecule has 1 heterocycles. The molecule has 2 rings (SSSR count). The molecule has 1 unspecified atom stereocenters. The van der Waals surface area contributed by atoms with Gasteiger partial charge in [-0.1, -0.05) is 32.0 Å². The molecule has 0 fully saturated rings. The van der Waals surface area contributed by atoms with Crippen LogP contribution < -0.4 is 10.3 Å². The van der Waals surface area contributed by atoms with Gasteiger partial charge in [-0.3, -0.25) is 9.59 Å². The molecule has 1 aromatic carbocycles. The first-order valence-corrected chi connectivity index (χ1v) is 11.2. The van der Waals surface area contributed by atoms with Crippen molar-refractivity contribution < 1.29 is 17.9 Å². The van der Waals surface area contributed by atoms with Crippen LogP contribution in [0.25, 0.3) is 0 Å². The van der Waals surface area contributed by atoms with Crippen LogP contribution in [0.2, 0.25) is 0 Å². The second-order valence-corrected chi connectivity index (χ2v) is 8.78. The summed E-state index contributed by atoms with van der Waals surface area (Å²) in [6.45, 7) is 5.71. The Hall–Kier alpha value is -2.65. The van der Waals surface area contributed by atoms with Gasteiger partial charge in [-0.15, -0.1) is 0 Å². The van der Waals surface area contributed by atoms with Crippen molar-refractivity contribution in [3.8, 4) is 5.75 Å². The number of ether oxygens (including phenoxy) is 1. The maximum Gasteiger partial charge on any atom is 0.251 e. The zero-order chi connectivity index (χ0) is 22.5. The second kappa shape index (κ2) is 9.90. The second-order valence-electron chi connectivity index (χ2n) is 6.84. The summed E-state index contributed by atoms with van der Waals surface area (Å²) in [4.78, 5) is 26.6. The highest BCUT2D eigenvalue weighted by Crippen LogP contribution is 2.28. The fourth-order valence-electron chi connectivity index (χ4n) is 3.19. The predicted octanol–water partition coefficient (Wildman–Crippen LogP) is 2.11. The van der Waals surface area contributed by atoms with Crippen molar-refractivity contribution >= 4 is 15.9 Å². The van der Waals surface area contributed by atoms with Crippen LogP contribution in [0.1, 0.15) is 32.4 Å². The van der Waals surface area contributed by atoms with Crippen LogP contribution in [-0.4, -0.2) is 55.3 Å². The molecule has 0 bridgehead atoms. The van der Waals surface area contributed by atoms with Gasteiger partial charge < -0.3 is 14.2 Å². The summed E-state index contributed by atoms with van der Waals surface area (Å²) in [6.07, 6.45) is 1.23. The lowest BCUT2D eigenvalue weighted by Crippen LogP contribution is -2.36. The number of hydrogen-bond donors (Lipinski definition) is 0. The molecule has 164 valence electrons. The van der Waals surface area contributed by atoms with E-state index in [1.807, 2.05) is 31.2 Å². The third-order valence-corrected chi connectivity index (χ3v) is 7.20. The average molecular weight is 436 g/mol. The number of rotatable bonds is 9. The zero-order valence-corrected chi connectivity index (χ0v) is 18.8. The fourth-order valence-corrected chi connectivity index (χ4v) is 4.67. The normalized spacial score (nSPS) is 12.6. The first kappa shape index (κ1) is 23.6. The van der Waals surface area contributed by atoms with Gasteiger partial charge in [0.05, 0.1) is 18.0 Å². The molecular weight excluding hydrogens is 406 g/mol. The summed E-state index contributed by atoms with van der Waals surface area (Å²) >= 11 is 0. The van der Waals surface area contributed by atoms with Gasteiger partial charge in [-0.2, -0.15) is 4.31 Å². The quantitative estimate of drug-likeness (QED) is 0.602. The first-order chi connectivity index (χ1) is 14.2. The number of sulfonamides is 1. The number of pyridine rings is 1. The molecule has 0 spiro atoms. The minimum atomic E-state index is -3.73. The minimum Gasteiger partial charge on any atom is -0.496 e. The summed E-state index contributed by atoms with van der Waals surface area (Å²) in [5.41, 5.74) is 0.390. The van der Waals surface area contributed by atoms with Crippen molar-refractivity contribution in [2.24, 2.45) is 0 Å². The molecule has 30 heavy (non-hydrogen) atoms. The van der Waals surface area contributed by atoms with Crippen molar-refractivity contribution in [2.75, 3.05) is 27.2 Å². The van der Waals surface area contributed by atoms with Crippen LogP contribution in [0.4, 0.5) is 0 Å². The molecule has 0 saturated carbocycles. The van der Waals surface area contributed by atoms with Gasteiger partial charge in [0.15, 0.2) is 0 Å². The smallest absolute Gasteiger partial charge is 0.251 e. The van der Waals surface area contributed by atoms with Gasteiger partial charge in [0.1, 0.15) is 12.3 Å². The topological polar surface area (TPSA) is 88.9 Å². The number of methoxy groups -OCH3 is 1. The van der Waals surface area contributed by atoms with Gasteiger partial charge >= 0.3 is 0 Å². The van der Waals surface area contributed by atoms with E-state index in [-0.39, 0.29) is 23.4 Å². The Morgan fingerprint density at radius 2 is 1.77 bits per heavy atom. The van der Waals surface area contributed by atoms with Crippen molar-refractivity contribution in [1.29, 1.82) is 0 Å². The zero-order valence-electron chi connectivity index (χ0n) is 18.0. The van der Waals surface area contributed by atoms with Gasteiger partial charge in [0, 0.05) is 38.0 Å². The van der Waals surface area contributed by atoms with E-state index in [9.17, 15) is 18.0 Å². The highest BCUT2D eigenvalue weighted by atomic mass is 32.2. The molecule has 0 saturated heterocycles. The maximum atomic E-state index is 12.9. The van der Waals surface area contributed by atoms with Gasteiger partial charge in [0.2, 0.25) is 15.9 Å². The van der Waals surface area contributed by atoms with E-state index in [1.54, 1.807) is 28.0 Å². The number of benzene rings is 1. The Morgan fingerprint density at radius 3 is 2.37 bits per heavy atom. The Bertz CT molecular complexity index is 1040. The van der Waals surface area contributed by atoms with Crippen LogP contribution >= 0.6 is 0 Å². The Morgan fingerprint density at radius 1 is 1.13 bits per heavy atom. The van der Waals surface area contributed by atoms with Crippen molar-refractivity contribution in [3.63, 3.8) is 0 Å². The van der Waals surface area contributed by atoms with Gasteiger partial charge in [0.25, 0.3) is 5.56 Å². The molecule has 0 radical (unpaired) electrons. The SMILES string of the molecule is CCN(CC)S(=O)(=O)c1ccc(=O)n(CC(=O)N(C)C(C)c2ccccc2OC)c1. The lowest BCUT2D eigenvalue weighted by atomic mass is 10.1. The van der Waals surface area contributed by atoms with E-state index < -0.39 is 15.6 Å². The number of likely N-dealkylation sites (N-methyl/N-ethyl adjacent to an activating group) is 1. The van der Waals surface area contributed by atoms with E-state index in [0.29, 0.717) is 18.8 Å². The Kier molecular flexibility index (Phi) is 7.80.